The molecule has 0 unspecified atom stereocenters. The van der Waals surface area contributed by atoms with Gasteiger partial charge in [-0.1, -0.05) is 13.8 Å². The highest BCUT2D eigenvalue weighted by atomic mass is 16.1. The molecule has 0 bridgehead atoms. The van der Waals surface area contributed by atoms with Gasteiger partial charge >= 0.3 is 0 Å². The fraction of sp³-hybridized carbons (Fsp3) is 0.556. The lowest BCUT2D eigenvalue weighted by Crippen LogP contribution is -2.15. The molecule has 0 aliphatic heterocycles. The third kappa shape index (κ3) is 1.86. The van der Waals surface area contributed by atoms with Crippen LogP contribution in [-0.2, 0) is 13.5 Å². The summed E-state index contributed by atoms with van der Waals surface area (Å²) in [5, 5.41) is 4.16. The van der Waals surface area contributed by atoms with Crippen LogP contribution in [0.1, 0.15) is 29.9 Å². The highest BCUT2D eigenvalue weighted by molar-refractivity contribution is 5.98. The second-order valence-corrected chi connectivity index (χ2v) is 3.79. The van der Waals surface area contributed by atoms with E-state index in [0.29, 0.717) is 29.4 Å². The summed E-state index contributed by atoms with van der Waals surface area (Å²) in [6.07, 6.45) is 0.712. The van der Waals surface area contributed by atoms with E-state index in [9.17, 15) is 4.79 Å². The molecule has 1 aromatic heterocycles. The molecule has 0 spiro atoms. The first-order valence-corrected chi connectivity index (χ1v) is 4.54. The molecule has 78 valence electrons. The van der Waals surface area contributed by atoms with E-state index < -0.39 is 5.91 Å². The lowest BCUT2D eigenvalue weighted by Gasteiger charge is -2.02. The minimum atomic E-state index is -0.508. The van der Waals surface area contributed by atoms with Crippen molar-refractivity contribution in [3.05, 3.63) is 11.3 Å². The number of carbonyl (C=O) groups excluding carboxylic acids is 1. The Balaban J connectivity index is 3.15. The summed E-state index contributed by atoms with van der Waals surface area (Å²) in [5.74, 6) is 0.252. The van der Waals surface area contributed by atoms with Crippen LogP contribution < -0.4 is 11.5 Å². The van der Waals surface area contributed by atoms with Crippen LogP contribution in [-0.4, -0.2) is 15.7 Å². The third-order valence-electron chi connectivity index (χ3n) is 2.01. The van der Waals surface area contributed by atoms with Crippen LogP contribution in [0.25, 0.3) is 0 Å². The molecule has 1 amide bonds. The smallest absolute Gasteiger partial charge is 0.254 e. The van der Waals surface area contributed by atoms with Crippen molar-refractivity contribution < 1.29 is 4.79 Å². The quantitative estimate of drug-likeness (QED) is 0.728. The maximum Gasteiger partial charge on any atom is 0.254 e. The highest BCUT2D eigenvalue weighted by Crippen LogP contribution is 2.18. The summed E-state index contributed by atoms with van der Waals surface area (Å²) in [4.78, 5) is 11.1. The minimum Gasteiger partial charge on any atom is -0.383 e. The average molecular weight is 196 g/mol. The summed E-state index contributed by atoms with van der Waals surface area (Å²) in [7, 11) is 1.70. The lowest BCUT2D eigenvalue weighted by atomic mass is 10.0. The summed E-state index contributed by atoms with van der Waals surface area (Å²) in [6, 6.07) is 0. The number of aromatic nitrogens is 2. The van der Waals surface area contributed by atoms with Crippen molar-refractivity contribution in [2.24, 2.45) is 18.7 Å². The molecule has 5 nitrogen and oxygen atoms in total. The summed E-state index contributed by atoms with van der Waals surface area (Å²) < 4.78 is 1.48. The maximum absolute atomic E-state index is 11.1. The average Bonchev–Trinajstić information content (AvgIpc) is 2.26. The lowest BCUT2D eigenvalue weighted by molar-refractivity contribution is 0.1000. The van der Waals surface area contributed by atoms with E-state index in [1.807, 2.05) is 0 Å². The highest BCUT2D eigenvalue weighted by Gasteiger charge is 2.18. The Hall–Kier alpha value is -1.52. The van der Waals surface area contributed by atoms with Gasteiger partial charge in [0.05, 0.1) is 5.69 Å². The number of anilines is 1. The van der Waals surface area contributed by atoms with Gasteiger partial charge in [0.1, 0.15) is 11.4 Å². The van der Waals surface area contributed by atoms with Gasteiger partial charge in [0.25, 0.3) is 5.91 Å². The van der Waals surface area contributed by atoms with Crippen molar-refractivity contribution in [1.82, 2.24) is 9.78 Å². The van der Waals surface area contributed by atoms with E-state index in [4.69, 9.17) is 11.5 Å². The second kappa shape index (κ2) is 3.69. The van der Waals surface area contributed by atoms with Crippen LogP contribution in [0.5, 0.6) is 0 Å². The molecule has 14 heavy (non-hydrogen) atoms. The van der Waals surface area contributed by atoms with E-state index in [-0.39, 0.29) is 0 Å². The Morgan fingerprint density at radius 3 is 2.57 bits per heavy atom. The molecule has 0 fully saturated rings. The van der Waals surface area contributed by atoms with Crippen LogP contribution in [0.15, 0.2) is 0 Å². The largest absolute Gasteiger partial charge is 0.383 e. The predicted octanol–water partition coefficient (Wildman–Crippen LogP) is 0.300. The Labute approximate surface area is 83.1 Å². The van der Waals surface area contributed by atoms with Gasteiger partial charge in [-0.3, -0.25) is 9.48 Å². The van der Waals surface area contributed by atoms with Crippen LogP contribution in [0.2, 0.25) is 0 Å². The molecule has 5 heteroatoms. The Morgan fingerprint density at radius 2 is 2.14 bits per heavy atom. The predicted molar refractivity (Wildman–Crippen MR) is 54.7 cm³/mol. The standard InChI is InChI=1S/C9H16N4O/c1-5(2)4-6-7(9(11)14)8(10)13(3)12-6/h5H,4,10H2,1-3H3,(H2,11,14). The van der Waals surface area contributed by atoms with E-state index in [1.165, 1.54) is 4.68 Å². The fourth-order valence-electron chi connectivity index (χ4n) is 1.39. The van der Waals surface area contributed by atoms with Gasteiger partial charge in [-0.25, -0.2) is 0 Å². The number of nitrogens with two attached hydrogens (primary N) is 2. The van der Waals surface area contributed by atoms with E-state index >= 15 is 0 Å². The van der Waals surface area contributed by atoms with Gasteiger partial charge in [-0.15, -0.1) is 0 Å². The molecule has 0 radical (unpaired) electrons. The number of nitrogen functional groups attached to an aromatic ring is 1. The Kier molecular flexibility index (Phi) is 2.78. The van der Waals surface area contributed by atoms with Crippen LogP contribution in [0.3, 0.4) is 0 Å². The number of nitrogens with zero attached hydrogens (tertiary/aromatic N) is 2. The van der Waals surface area contributed by atoms with Crippen molar-refractivity contribution >= 4 is 11.7 Å². The number of rotatable bonds is 3. The molecular formula is C9H16N4O. The number of aryl methyl sites for hydroxylation is 1. The summed E-state index contributed by atoms with van der Waals surface area (Å²) >= 11 is 0. The van der Waals surface area contributed by atoms with Crippen LogP contribution in [0, 0.1) is 5.92 Å². The molecule has 1 aromatic rings. The first kappa shape index (κ1) is 10.6. The van der Waals surface area contributed by atoms with E-state index in [2.05, 4.69) is 18.9 Å². The molecule has 0 aliphatic rings. The SMILES string of the molecule is CC(C)Cc1nn(C)c(N)c1C(N)=O. The monoisotopic (exact) mass is 196 g/mol. The maximum atomic E-state index is 11.1. The van der Waals surface area contributed by atoms with Crippen molar-refractivity contribution in [3.63, 3.8) is 0 Å². The Morgan fingerprint density at radius 1 is 1.57 bits per heavy atom. The van der Waals surface area contributed by atoms with Crippen molar-refractivity contribution in [1.29, 1.82) is 0 Å². The van der Waals surface area contributed by atoms with Crippen molar-refractivity contribution in [2.45, 2.75) is 20.3 Å². The number of primary amides is 1. The van der Waals surface area contributed by atoms with Gasteiger partial charge in [0.2, 0.25) is 0 Å². The molecule has 0 saturated heterocycles. The summed E-state index contributed by atoms with van der Waals surface area (Å²) in [6.45, 7) is 4.10. The number of carbonyl (C=O) groups is 1. The molecule has 4 N–H and O–H groups in total. The van der Waals surface area contributed by atoms with Gasteiger partial charge < -0.3 is 11.5 Å². The number of hydrogen-bond donors (Lipinski definition) is 2. The molecule has 0 aliphatic carbocycles. The summed E-state index contributed by atoms with van der Waals surface area (Å²) in [5.41, 5.74) is 12.0. The molecule has 0 aromatic carbocycles. The number of hydrogen-bond acceptors (Lipinski definition) is 3. The zero-order chi connectivity index (χ0) is 10.9. The van der Waals surface area contributed by atoms with Crippen LogP contribution in [0.4, 0.5) is 5.82 Å². The normalized spacial score (nSPS) is 10.9. The first-order chi connectivity index (χ1) is 6.43. The van der Waals surface area contributed by atoms with Crippen molar-refractivity contribution in [3.8, 4) is 0 Å². The van der Waals surface area contributed by atoms with Crippen LogP contribution >= 0.6 is 0 Å². The van der Waals surface area contributed by atoms with Gasteiger partial charge in [0, 0.05) is 7.05 Å². The van der Waals surface area contributed by atoms with Gasteiger partial charge in [-0.05, 0) is 12.3 Å². The molecular weight excluding hydrogens is 180 g/mol. The van der Waals surface area contributed by atoms with Gasteiger partial charge in [-0.2, -0.15) is 5.10 Å². The third-order valence-corrected chi connectivity index (χ3v) is 2.01. The molecule has 0 saturated carbocycles. The topological polar surface area (TPSA) is 86.9 Å². The minimum absolute atomic E-state index is 0.341. The first-order valence-electron chi connectivity index (χ1n) is 4.54. The van der Waals surface area contributed by atoms with Crippen molar-refractivity contribution in [2.75, 3.05) is 5.73 Å². The molecule has 0 atom stereocenters. The van der Waals surface area contributed by atoms with E-state index in [0.717, 1.165) is 0 Å². The molecule has 1 heterocycles. The zero-order valence-corrected chi connectivity index (χ0v) is 8.74. The Bertz CT molecular complexity index is 354. The van der Waals surface area contributed by atoms with Gasteiger partial charge in [0.15, 0.2) is 0 Å². The zero-order valence-electron chi connectivity index (χ0n) is 8.74. The van der Waals surface area contributed by atoms with E-state index in [1.54, 1.807) is 7.05 Å². The molecule has 1 rings (SSSR count). The fourth-order valence-corrected chi connectivity index (χ4v) is 1.39. The number of amides is 1. The second-order valence-electron chi connectivity index (χ2n) is 3.79.